The Bertz CT molecular complexity index is 516. The Hall–Kier alpha value is -1.57. The maximum Gasteiger partial charge on any atom is 0.142 e. The molecule has 6 nitrogen and oxygen atoms in total. The van der Waals surface area contributed by atoms with E-state index in [1.54, 1.807) is 13.3 Å². The molecular weight excluding hydrogens is 250 g/mol. The Morgan fingerprint density at radius 2 is 2.39 bits per heavy atom. The molecule has 0 radical (unpaired) electrons. The van der Waals surface area contributed by atoms with Gasteiger partial charge in [-0.3, -0.25) is 10.8 Å². The van der Waals surface area contributed by atoms with Gasteiger partial charge in [-0.1, -0.05) is 11.4 Å². The summed E-state index contributed by atoms with van der Waals surface area (Å²) < 4.78 is 9.28. The summed E-state index contributed by atoms with van der Waals surface area (Å²) in [4.78, 5) is 5.31. The van der Waals surface area contributed by atoms with E-state index in [0.717, 1.165) is 22.7 Å². The summed E-state index contributed by atoms with van der Waals surface area (Å²) in [5, 5.41) is 4.09. The molecule has 0 aromatic carbocycles. The molecule has 0 spiro atoms. The van der Waals surface area contributed by atoms with Crippen LogP contribution in [0.25, 0.3) is 0 Å². The van der Waals surface area contributed by atoms with E-state index in [0.29, 0.717) is 5.75 Å². The quantitative estimate of drug-likeness (QED) is 0.621. The van der Waals surface area contributed by atoms with Crippen molar-refractivity contribution in [1.82, 2.24) is 20.0 Å². The van der Waals surface area contributed by atoms with Crippen LogP contribution in [0.2, 0.25) is 0 Å². The molecule has 0 aliphatic heterocycles. The minimum Gasteiger partial charge on any atom is -0.495 e. The number of methoxy groups -OCH3 is 1. The first-order valence-electron chi connectivity index (χ1n) is 5.58. The van der Waals surface area contributed by atoms with Crippen molar-refractivity contribution in [2.24, 2.45) is 5.84 Å². The van der Waals surface area contributed by atoms with E-state index in [4.69, 9.17) is 10.6 Å². The second kappa shape index (κ2) is 5.85. The van der Waals surface area contributed by atoms with Crippen molar-refractivity contribution in [2.75, 3.05) is 7.11 Å². The normalized spacial score (nSPS) is 12.4. The highest BCUT2D eigenvalue weighted by atomic mass is 32.1. The Morgan fingerprint density at radius 3 is 3.06 bits per heavy atom. The fourth-order valence-corrected chi connectivity index (χ4v) is 2.55. The average molecular weight is 265 g/mol. The first-order chi connectivity index (χ1) is 8.81. The number of nitrogens with one attached hydrogen (secondary N) is 1. The molecule has 2 aromatic rings. The summed E-state index contributed by atoms with van der Waals surface area (Å²) in [5.74, 6) is 6.34. The minimum atomic E-state index is -0.254. The number of ether oxygens (including phenoxy) is 1. The molecule has 0 saturated carbocycles. The third kappa shape index (κ3) is 2.33. The molecule has 0 aliphatic carbocycles. The second-order valence-electron chi connectivity index (χ2n) is 3.63. The molecular formula is C11H15N5OS. The highest BCUT2D eigenvalue weighted by Gasteiger charge is 2.23. The number of nitrogens with zero attached hydrogens (tertiary/aromatic N) is 3. The largest absolute Gasteiger partial charge is 0.495 e. The standard InChI is InChI=1S/C11H15N5OS/c1-3-7-11(18-16-15-7)10(14-12)9-8(17-2)5-4-6-13-9/h4-6,10,14H,3,12H2,1-2H3. The zero-order valence-corrected chi connectivity index (χ0v) is 11.1. The molecule has 7 heteroatoms. The van der Waals surface area contributed by atoms with Crippen LogP contribution in [0.1, 0.15) is 29.2 Å². The number of hydrazine groups is 1. The SMILES string of the molecule is CCc1nnsc1C(NN)c1ncccc1OC. The maximum atomic E-state index is 5.65. The molecule has 2 heterocycles. The number of aromatic nitrogens is 3. The number of rotatable bonds is 5. The van der Waals surface area contributed by atoms with Crippen LogP contribution < -0.4 is 16.0 Å². The van der Waals surface area contributed by atoms with E-state index in [9.17, 15) is 0 Å². The predicted octanol–water partition coefficient (Wildman–Crippen LogP) is 1.06. The van der Waals surface area contributed by atoms with Gasteiger partial charge in [0.1, 0.15) is 17.5 Å². The lowest BCUT2D eigenvalue weighted by atomic mass is 10.1. The number of pyridine rings is 1. The number of aryl methyl sites for hydroxylation is 1. The molecule has 3 N–H and O–H groups in total. The topological polar surface area (TPSA) is 86.0 Å². The summed E-state index contributed by atoms with van der Waals surface area (Å²) >= 11 is 1.32. The summed E-state index contributed by atoms with van der Waals surface area (Å²) in [5.41, 5.74) is 4.42. The van der Waals surface area contributed by atoms with Gasteiger partial charge in [0.2, 0.25) is 0 Å². The van der Waals surface area contributed by atoms with Gasteiger partial charge in [0.15, 0.2) is 0 Å². The summed E-state index contributed by atoms with van der Waals surface area (Å²) in [6.45, 7) is 2.03. The van der Waals surface area contributed by atoms with Crippen LogP contribution in [0, 0.1) is 0 Å². The van der Waals surface area contributed by atoms with Gasteiger partial charge in [-0.2, -0.15) is 0 Å². The fourth-order valence-electron chi connectivity index (χ4n) is 1.75. The zero-order valence-electron chi connectivity index (χ0n) is 10.3. The third-order valence-electron chi connectivity index (χ3n) is 2.64. The van der Waals surface area contributed by atoms with Crippen LogP contribution in [-0.4, -0.2) is 21.7 Å². The molecule has 2 rings (SSSR count). The first kappa shape index (κ1) is 12.9. The van der Waals surface area contributed by atoms with Crippen molar-refractivity contribution in [3.63, 3.8) is 0 Å². The van der Waals surface area contributed by atoms with Crippen LogP contribution in [0.5, 0.6) is 5.75 Å². The smallest absolute Gasteiger partial charge is 0.142 e. The van der Waals surface area contributed by atoms with Crippen LogP contribution in [-0.2, 0) is 6.42 Å². The van der Waals surface area contributed by atoms with E-state index in [2.05, 4.69) is 20.0 Å². The van der Waals surface area contributed by atoms with Crippen LogP contribution >= 0.6 is 11.5 Å². The molecule has 1 unspecified atom stereocenters. The van der Waals surface area contributed by atoms with Gasteiger partial charge in [0, 0.05) is 6.20 Å². The Morgan fingerprint density at radius 1 is 1.56 bits per heavy atom. The van der Waals surface area contributed by atoms with Crippen LogP contribution in [0.15, 0.2) is 18.3 Å². The van der Waals surface area contributed by atoms with Crippen molar-refractivity contribution in [3.05, 3.63) is 34.6 Å². The number of nitrogens with two attached hydrogens (primary N) is 1. The molecule has 0 fully saturated rings. The number of hydrogen-bond donors (Lipinski definition) is 2. The lowest BCUT2D eigenvalue weighted by Crippen LogP contribution is -2.30. The van der Waals surface area contributed by atoms with E-state index in [1.165, 1.54) is 11.5 Å². The van der Waals surface area contributed by atoms with Gasteiger partial charge in [-0.05, 0) is 30.1 Å². The summed E-state index contributed by atoms with van der Waals surface area (Å²) in [6, 6.07) is 3.42. The maximum absolute atomic E-state index is 5.65. The lowest BCUT2D eigenvalue weighted by molar-refractivity contribution is 0.400. The Labute approximate surface area is 109 Å². The van der Waals surface area contributed by atoms with Crippen LogP contribution in [0.4, 0.5) is 0 Å². The molecule has 96 valence electrons. The Balaban J connectivity index is 2.45. The number of hydrogen-bond acceptors (Lipinski definition) is 7. The minimum absolute atomic E-state index is 0.254. The molecule has 18 heavy (non-hydrogen) atoms. The second-order valence-corrected chi connectivity index (χ2v) is 4.41. The average Bonchev–Trinajstić information content (AvgIpc) is 2.88. The van der Waals surface area contributed by atoms with E-state index in [-0.39, 0.29) is 6.04 Å². The van der Waals surface area contributed by atoms with Gasteiger partial charge >= 0.3 is 0 Å². The Kier molecular flexibility index (Phi) is 4.19. The first-order valence-corrected chi connectivity index (χ1v) is 6.35. The van der Waals surface area contributed by atoms with E-state index in [1.807, 2.05) is 19.1 Å². The summed E-state index contributed by atoms with van der Waals surface area (Å²) in [6.07, 6.45) is 2.52. The van der Waals surface area contributed by atoms with Crippen molar-refractivity contribution < 1.29 is 4.74 Å². The van der Waals surface area contributed by atoms with Crippen molar-refractivity contribution in [3.8, 4) is 5.75 Å². The molecule has 1 atom stereocenters. The van der Waals surface area contributed by atoms with Crippen LogP contribution in [0.3, 0.4) is 0 Å². The van der Waals surface area contributed by atoms with E-state index < -0.39 is 0 Å². The summed E-state index contributed by atoms with van der Waals surface area (Å²) in [7, 11) is 1.61. The zero-order chi connectivity index (χ0) is 13.0. The van der Waals surface area contributed by atoms with Gasteiger partial charge in [0.05, 0.1) is 17.7 Å². The fraction of sp³-hybridized carbons (Fsp3) is 0.364. The van der Waals surface area contributed by atoms with Gasteiger partial charge in [0.25, 0.3) is 0 Å². The lowest BCUT2D eigenvalue weighted by Gasteiger charge is -2.16. The van der Waals surface area contributed by atoms with E-state index >= 15 is 0 Å². The van der Waals surface area contributed by atoms with Gasteiger partial charge in [-0.15, -0.1) is 5.10 Å². The van der Waals surface area contributed by atoms with Gasteiger partial charge < -0.3 is 4.74 Å². The predicted molar refractivity (Wildman–Crippen MR) is 69.2 cm³/mol. The third-order valence-corrected chi connectivity index (χ3v) is 3.47. The molecule has 0 aliphatic rings. The molecule has 2 aromatic heterocycles. The highest BCUT2D eigenvalue weighted by molar-refractivity contribution is 7.05. The molecule has 0 amide bonds. The highest BCUT2D eigenvalue weighted by Crippen LogP contribution is 2.30. The van der Waals surface area contributed by atoms with Crippen molar-refractivity contribution >= 4 is 11.5 Å². The van der Waals surface area contributed by atoms with Gasteiger partial charge in [-0.25, -0.2) is 5.43 Å². The van der Waals surface area contributed by atoms with Crippen molar-refractivity contribution in [2.45, 2.75) is 19.4 Å². The monoisotopic (exact) mass is 265 g/mol. The van der Waals surface area contributed by atoms with Crippen molar-refractivity contribution in [1.29, 1.82) is 0 Å². The molecule has 0 bridgehead atoms. The molecule has 0 saturated heterocycles.